The molecule has 0 saturated heterocycles. The smallest absolute Gasteiger partial charge is 0.310 e. The van der Waals surface area contributed by atoms with Gasteiger partial charge in [-0.2, -0.15) is 5.26 Å². The van der Waals surface area contributed by atoms with Crippen molar-refractivity contribution in [2.45, 2.75) is 13.5 Å². The van der Waals surface area contributed by atoms with Crippen LogP contribution in [0.3, 0.4) is 0 Å². The summed E-state index contributed by atoms with van der Waals surface area (Å²) in [5.41, 5.74) is 1.24. The van der Waals surface area contributed by atoms with Gasteiger partial charge in [-0.15, -0.1) is 0 Å². The minimum atomic E-state index is -0.332. The number of hydrogen-bond donors (Lipinski definition) is 0. The number of nitrogens with zero attached hydrogens (tertiary/aromatic N) is 3. The van der Waals surface area contributed by atoms with Crippen molar-refractivity contribution in [2.24, 2.45) is 5.92 Å². The van der Waals surface area contributed by atoms with Crippen molar-refractivity contribution in [3.05, 3.63) is 58.7 Å². The molecule has 1 aromatic carbocycles. The van der Waals surface area contributed by atoms with E-state index >= 15 is 0 Å². The Morgan fingerprint density at radius 1 is 1.33 bits per heavy atom. The fourth-order valence-electron chi connectivity index (χ4n) is 2.34. The zero-order chi connectivity index (χ0) is 17.5. The Balaban J connectivity index is 2.31. The van der Waals surface area contributed by atoms with Crippen molar-refractivity contribution in [1.82, 2.24) is 4.98 Å². The summed E-state index contributed by atoms with van der Waals surface area (Å²) in [6.45, 7) is 2.77. The van der Waals surface area contributed by atoms with Crippen LogP contribution >= 0.6 is 11.6 Å². The molecule has 1 atom stereocenters. The van der Waals surface area contributed by atoms with E-state index in [0.717, 1.165) is 5.56 Å². The average molecular weight is 344 g/mol. The summed E-state index contributed by atoms with van der Waals surface area (Å²) < 4.78 is 4.80. The van der Waals surface area contributed by atoms with Gasteiger partial charge in [0.05, 0.1) is 18.1 Å². The number of halogens is 1. The molecular weight excluding hydrogens is 326 g/mol. The Kier molecular flexibility index (Phi) is 6.16. The molecule has 1 aromatic heterocycles. The quantitative estimate of drug-likeness (QED) is 0.752. The van der Waals surface area contributed by atoms with E-state index < -0.39 is 0 Å². The maximum atomic E-state index is 11.8. The molecule has 0 bridgehead atoms. The van der Waals surface area contributed by atoms with E-state index in [2.05, 4.69) is 4.98 Å². The molecule has 0 radical (unpaired) electrons. The van der Waals surface area contributed by atoms with Gasteiger partial charge in [-0.3, -0.25) is 4.79 Å². The molecule has 2 rings (SSSR count). The van der Waals surface area contributed by atoms with Crippen LogP contribution in [0.2, 0.25) is 5.02 Å². The number of esters is 1. The second-order valence-electron chi connectivity index (χ2n) is 5.40. The summed E-state index contributed by atoms with van der Waals surface area (Å²) in [5, 5.41) is 9.44. The van der Waals surface area contributed by atoms with Gasteiger partial charge in [0.1, 0.15) is 11.9 Å². The van der Waals surface area contributed by atoms with Crippen LogP contribution in [-0.4, -0.2) is 24.6 Å². The molecule has 6 heteroatoms. The highest BCUT2D eigenvalue weighted by molar-refractivity contribution is 6.31. The van der Waals surface area contributed by atoms with Crippen molar-refractivity contribution in [1.29, 1.82) is 5.26 Å². The molecule has 0 spiro atoms. The van der Waals surface area contributed by atoms with Crippen LogP contribution in [0.5, 0.6) is 0 Å². The van der Waals surface area contributed by atoms with Crippen LogP contribution in [0.4, 0.5) is 5.82 Å². The number of rotatable bonds is 6. The minimum absolute atomic E-state index is 0.165. The second kappa shape index (κ2) is 8.32. The Morgan fingerprint density at radius 2 is 2.04 bits per heavy atom. The zero-order valence-electron chi connectivity index (χ0n) is 13.6. The molecule has 0 aliphatic carbocycles. The van der Waals surface area contributed by atoms with Crippen molar-refractivity contribution < 1.29 is 9.53 Å². The Labute approximate surface area is 146 Å². The lowest BCUT2D eigenvalue weighted by atomic mass is 10.1. The molecule has 5 nitrogen and oxygen atoms in total. The van der Waals surface area contributed by atoms with Crippen molar-refractivity contribution in [3.8, 4) is 6.07 Å². The maximum Gasteiger partial charge on any atom is 0.310 e. The van der Waals surface area contributed by atoms with Crippen LogP contribution in [0.25, 0.3) is 0 Å². The predicted molar refractivity (Wildman–Crippen MR) is 92.6 cm³/mol. The summed E-state index contributed by atoms with van der Waals surface area (Å²) >= 11 is 5.96. The molecule has 2 aromatic rings. The Morgan fingerprint density at radius 3 is 2.67 bits per heavy atom. The lowest BCUT2D eigenvalue weighted by Crippen LogP contribution is -2.32. The molecule has 1 unspecified atom stereocenters. The number of pyridine rings is 1. The molecule has 0 N–H and O–H groups in total. The van der Waals surface area contributed by atoms with Crippen LogP contribution in [0, 0.1) is 17.2 Å². The molecule has 24 heavy (non-hydrogen) atoms. The number of carbonyl (C=O) groups excluding carboxylic acids is 1. The van der Waals surface area contributed by atoms with Gasteiger partial charge in [-0.05, 0) is 17.7 Å². The fourth-order valence-corrected chi connectivity index (χ4v) is 2.48. The average Bonchev–Trinajstić information content (AvgIpc) is 2.61. The molecule has 124 valence electrons. The lowest BCUT2D eigenvalue weighted by Gasteiger charge is -2.26. The third-order valence-electron chi connectivity index (χ3n) is 3.58. The van der Waals surface area contributed by atoms with E-state index in [4.69, 9.17) is 21.6 Å². The molecule has 1 heterocycles. The monoisotopic (exact) mass is 343 g/mol. The van der Waals surface area contributed by atoms with Gasteiger partial charge in [-0.25, -0.2) is 4.98 Å². The lowest BCUT2D eigenvalue weighted by molar-refractivity contribution is -0.144. The van der Waals surface area contributed by atoms with Gasteiger partial charge < -0.3 is 9.64 Å². The van der Waals surface area contributed by atoms with Crippen LogP contribution in [0.1, 0.15) is 18.2 Å². The highest BCUT2D eigenvalue weighted by atomic mass is 35.5. The van der Waals surface area contributed by atoms with Crippen molar-refractivity contribution >= 4 is 23.4 Å². The van der Waals surface area contributed by atoms with Crippen molar-refractivity contribution in [2.75, 3.05) is 18.6 Å². The minimum Gasteiger partial charge on any atom is -0.469 e. The standard InChI is InChI=1S/C18H18ClN3O2/c1-13(18(23)24-2)11-22(12-14-6-4-3-5-7-14)17-9-8-15(19)16(10-20)21-17/h3-9,13H,11-12H2,1-2H3. The molecular formula is C18H18ClN3O2. The van der Waals surface area contributed by atoms with Crippen LogP contribution < -0.4 is 4.90 Å². The molecule has 0 aliphatic rings. The number of carbonyl (C=O) groups is 1. The van der Waals surface area contributed by atoms with E-state index in [-0.39, 0.29) is 17.6 Å². The Hall–Kier alpha value is -2.58. The molecule has 0 fully saturated rings. The summed E-state index contributed by atoms with van der Waals surface area (Å²) in [5.74, 6) is -0.0279. The van der Waals surface area contributed by atoms with Gasteiger partial charge in [0.15, 0.2) is 5.69 Å². The fraction of sp³-hybridized carbons (Fsp3) is 0.278. The van der Waals surface area contributed by atoms with E-state index in [1.54, 1.807) is 19.1 Å². The second-order valence-corrected chi connectivity index (χ2v) is 5.81. The van der Waals surface area contributed by atoms with E-state index in [9.17, 15) is 4.79 Å². The summed E-state index contributed by atoms with van der Waals surface area (Å²) in [7, 11) is 1.37. The first-order chi connectivity index (χ1) is 11.5. The largest absolute Gasteiger partial charge is 0.469 e. The molecule has 0 aliphatic heterocycles. The topological polar surface area (TPSA) is 66.2 Å². The van der Waals surface area contributed by atoms with Crippen LogP contribution in [-0.2, 0) is 16.1 Å². The van der Waals surface area contributed by atoms with Gasteiger partial charge in [-0.1, -0.05) is 48.9 Å². The predicted octanol–water partition coefficient (Wildman–Crippen LogP) is 3.42. The van der Waals surface area contributed by atoms with E-state index in [1.807, 2.05) is 41.3 Å². The summed E-state index contributed by atoms with van der Waals surface area (Å²) in [4.78, 5) is 18.0. The first kappa shape index (κ1) is 17.8. The van der Waals surface area contributed by atoms with Gasteiger partial charge in [0, 0.05) is 13.1 Å². The number of aromatic nitrogens is 1. The first-order valence-corrected chi connectivity index (χ1v) is 7.86. The zero-order valence-corrected chi connectivity index (χ0v) is 14.3. The van der Waals surface area contributed by atoms with Gasteiger partial charge in [0.25, 0.3) is 0 Å². The van der Waals surface area contributed by atoms with Crippen molar-refractivity contribution in [3.63, 3.8) is 0 Å². The van der Waals surface area contributed by atoms with Crippen LogP contribution in [0.15, 0.2) is 42.5 Å². The Bertz CT molecular complexity index is 744. The number of ether oxygens (including phenoxy) is 1. The number of hydrogen-bond acceptors (Lipinski definition) is 5. The normalized spacial score (nSPS) is 11.4. The number of benzene rings is 1. The first-order valence-electron chi connectivity index (χ1n) is 7.48. The van der Waals surface area contributed by atoms with E-state index in [1.165, 1.54) is 7.11 Å². The number of nitriles is 1. The summed E-state index contributed by atoms with van der Waals surface area (Å²) in [6.07, 6.45) is 0. The van der Waals surface area contributed by atoms with Gasteiger partial charge in [0.2, 0.25) is 0 Å². The van der Waals surface area contributed by atoms with E-state index in [0.29, 0.717) is 23.9 Å². The third kappa shape index (κ3) is 4.46. The highest BCUT2D eigenvalue weighted by Crippen LogP contribution is 2.21. The SMILES string of the molecule is COC(=O)C(C)CN(Cc1ccccc1)c1ccc(Cl)c(C#N)n1. The maximum absolute atomic E-state index is 11.8. The number of anilines is 1. The molecule has 0 amide bonds. The highest BCUT2D eigenvalue weighted by Gasteiger charge is 2.20. The summed E-state index contributed by atoms with van der Waals surface area (Å²) in [6, 6.07) is 15.2. The number of methoxy groups -OCH3 is 1. The third-order valence-corrected chi connectivity index (χ3v) is 3.88. The van der Waals surface area contributed by atoms with Gasteiger partial charge >= 0.3 is 5.97 Å². The molecule has 0 saturated carbocycles.